The first-order valence-electron chi connectivity index (χ1n) is 7.57. The molecule has 0 spiro atoms. The minimum atomic E-state index is -0.0803. The van der Waals surface area contributed by atoms with Crippen LogP contribution in [0.5, 0.6) is 0 Å². The van der Waals surface area contributed by atoms with Crippen molar-refractivity contribution in [3.8, 4) is 0 Å². The summed E-state index contributed by atoms with van der Waals surface area (Å²) in [4.78, 5) is 18.5. The van der Waals surface area contributed by atoms with Gasteiger partial charge in [-0.2, -0.15) is 0 Å². The summed E-state index contributed by atoms with van der Waals surface area (Å²) in [7, 11) is 1.80. The first-order chi connectivity index (χ1) is 10.6. The lowest BCUT2D eigenvalue weighted by molar-refractivity contribution is 0.143. The van der Waals surface area contributed by atoms with Gasteiger partial charge in [0, 0.05) is 26.8 Å². The summed E-state index contributed by atoms with van der Waals surface area (Å²) < 4.78 is 6.40. The van der Waals surface area contributed by atoms with E-state index in [9.17, 15) is 4.79 Å². The molecule has 1 aromatic carbocycles. The molecule has 2 aromatic rings. The molecule has 0 saturated heterocycles. The van der Waals surface area contributed by atoms with Gasteiger partial charge in [0.05, 0.1) is 16.3 Å². The molecule has 0 saturated carbocycles. The third kappa shape index (κ3) is 4.18. The van der Waals surface area contributed by atoms with Gasteiger partial charge >= 0.3 is 6.03 Å². The third-order valence-corrected chi connectivity index (χ3v) is 4.72. The van der Waals surface area contributed by atoms with E-state index in [0.29, 0.717) is 19.8 Å². The van der Waals surface area contributed by atoms with Gasteiger partial charge in [-0.15, -0.1) is 11.3 Å². The van der Waals surface area contributed by atoms with Crippen molar-refractivity contribution in [3.63, 3.8) is 0 Å². The fourth-order valence-electron chi connectivity index (χ4n) is 2.05. The van der Waals surface area contributed by atoms with Crippen molar-refractivity contribution >= 4 is 27.6 Å². The number of nitrogens with one attached hydrogen (secondary N) is 1. The van der Waals surface area contributed by atoms with E-state index < -0.39 is 0 Å². The molecule has 1 heterocycles. The molecule has 5 nitrogen and oxygen atoms in total. The van der Waals surface area contributed by atoms with Crippen LogP contribution in [0.3, 0.4) is 0 Å². The number of thiazole rings is 1. The minimum absolute atomic E-state index is 0.0516. The highest BCUT2D eigenvalue weighted by Gasteiger charge is 2.20. The molecule has 0 fully saturated rings. The summed E-state index contributed by atoms with van der Waals surface area (Å²) in [6.45, 7) is 5.97. The predicted molar refractivity (Wildman–Crippen MR) is 90.3 cm³/mol. The highest BCUT2D eigenvalue weighted by molar-refractivity contribution is 7.18. The van der Waals surface area contributed by atoms with Crippen molar-refractivity contribution in [1.82, 2.24) is 15.2 Å². The third-order valence-electron chi connectivity index (χ3n) is 3.51. The number of urea groups is 1. The van der Waals surface area contributed by atoms with Crippen LogP contribution in [0, 0.1) is 0 Å². The number of hydrogen-bond acceptors (Lipinski definition) is 4. The van der Waals surface area contributed by atoms with Crippen molar-refractivity contribution < 1.29 is 9.53 Å². The van der Waals surface area contributed by atoms with Gasteiger partial charge < -0.3 is 15.0 Å². The van der Waals surface area contributed by atoms with Crippen molar-refractivity contribution in [2.24, 2.45) is 0 Å². The molecule has 0 aliphatic carbocycles. The zero-order valence-electron chi connectivity index (χ0n) is 13.3. The zero-order valence-corrected chi connectivity index (χ0v) is 14.2. The number of hydrogen-bond donors (Lipinski definition) is 1. The van der Waals surface area contributed by atoms with Gasteiger partial charge in [-0.25, -0.2) is 9.78 Å². The molecule has 1 N–H and O–H groups in total. The molecule has 2 amide bonds. The van der Waals surface area contributed by atoms with E-state index in [2.05, 4.69) is 16.4 Å². The van der Waals surface area contributed by atoms with Gasteiger partial charge in [0.15, 0.2) is 0 Å². The van der Waals surface area contributed by atoms with Crippen LogP contribution in [0.4, 0.5) is 4.79 Å². The van der Waals surface area contributed by atoms with Crippen LogP contribution in [0.1, 0.15) is 31.3 Å². The first kappa shape index (κ1) is 16.7. The number of fused-ring (bicyclic) bond motifs is 1. The molecule has 120 valence electrons. The van der Waals surface area contributed by atoms with E-state index in [4.69, 9.17) is 4.74 Å². The summed E-state index contributed by atoms with van der Waals surface area (Å²) in [5.41, 5.74) is 0.986. The molecule has 1 aromatic heterocycles. The van der Waals surface area contributed by atoms with Crippen LogP contribution in [0.2, 0.25) is 0 Å². The molecular formula is C16H23N3O2S. The van der Waals surface area contributed by atoms with Gasteiger partial charge in [-0.1, -0.05) is 12.1 Å². The van der Waals surface area contributed by atoms with Crippen molar-refractivity contribution in [3.05, 3.63) is 29.3 Å². The molecule has 2 rings (SSSR count). The number of rotatable bonds is 7. The largest absolute Gasteiger partial charge is 0.382 e. The van der Waals surface area contributed by atoms with Crippen molar-refractivity contribution in [2.45, 2.75) is 26.3 Å². The lowest BCUT2D eigenvalue weighted by atomic mass is 10.3. The Morgan fingerprint density at radius 3 is 2.95 bits per heavy atom. The van der Waals surface area contributed by atoms with Crippen LogP contribution < -0.4 is 5.32 Å². The number of benzene rings is 1. The van der Waals surface area contributed by atoms with Gasteiger partial charge in [-0.05, 0) is 32.4 Å². The maximum Gasteiger partial charge on any atom is 0.317 e. The molecule has 1 atom stereocenters. The number of carbonyl (C=O) groups is 1. The van der Waals surface area contributed by atoms with E-state index in [-0.39, 0.29) is 12.1 Å². The Morgan fingerprint density at radius 1 is 1.45 bits per heavy atom. The number of para-hydroxylation sites is 1. The van der Waals surface area contributed by atoms with Crippen LogP contribution in [-0.2, 0) is 4.74 Å². The Hall–Kier alpha value is -1.66. The SMILES string of the molecule is CCOCCCNC(=O)N(C)[C@H](C)c1nc2ccccc2s1. The highest BCUT2D eigenvalue weighted by atomic mass is 32.1. The quantitative estimate of drug-likeness (QED) is 0.795. The average molecular weight is 321 g/mol. The fourth-order valence-corrected chi connectivity index (χ4v) is 3.11. The Bertz CT molecular complexity index is 581. The maximum atomic E-state index is 12.2. The molecule has 22 heavy (non-hydrogen) atoms. The van der Waals surface area contributed by atoms with E-state index in [1.165, 1.54) is 0 Å². The molecule has 0 radical (unpaired) electrons. The topological polar surface area (TPSA) is 54.5 Å². The Balaban J connectivity index is 1.90. The number of ether oxygens (including phenoxy) is 1. The van der Waals surface area contributed by atoms with E-state index in [1.54, 1.807) is 23.3 Å². The molecule has 6 heteroatoms. The standard InChI is InChI=1S/C16H23N3O2S/c1-4-21-11-7-10-17-16(20)19(3)12(2)15-18-13-8-5-6-9-14(13)22-15/h5-6,8-9,12H,4,7,10-11H2,1-3H3,(H,17,20)/t12-/m1/s1. The van der Waals surface area contributed by atoms with E-state index in [1.807, 2.05) is 32.0 Å². The Morgan fingerprint density at radius 2 is 2.23 bits per heavy atom. The van der Waals surface area contributed by atoms with Gasteiger partial charge in [0.25, 0.3) is 0 Å². The molecular weight excluding hydrogens is 298 g/mol. The molecule has 0 unspecified atom stereocenters. The second-order valence-corrected chi connectivity index (χ2v) is 6.15. The number of carbonyl (C=O) groups excluding carboxylic acids is 1. The van der Waals surface area contributed by atoms with Crippen molar-refractivity contribution in [1.29, 1.82) is 0 Å². The van der Waals surface area contributed by atoms with Crippen LogP contribution in [-0.4, -0.2) is 42.7 Å². The fraction of sp³-hybridized carbons (Fsp3) is 0.500. The zero-order chi connectivity index (χ0) is 15.9. The lowest BCUT2D eigenvalue weighted by Gasteiger charge is -2.23. The number of aromatic nitrogens is 1. The summed E-state index contributed by atoms with van der Waals surface area (Å²) in [5, 5.41) is 3.86. The average Bonchev–Trinajstić information content (AvgIpc) is 2.97. The van der Waals surface area contributed by atoms with Crippen LogP contribution >= 0.6 is 11.3 Å². The smallest absolute Gasteiger partial charge is 0.317 e. The lowest BCUT2D eigenvalue weighted by Crippen LogP contribution is -2.39. The monoisotopic (exact) mass is 321 g/mol. The van der Waals surface area contributed by atoms with Crippen molar-refractivity contribution in [2.75, 3.05) is 26.8 Å². The van der Waals surface area contributed by atoms with Crippen LogP contribution in [0.25, 0.3) is 10.2 Å². The molecule has 0 aliphatic heterocycles. The second kappa shape index (κ2) is 8.10. The van der Waals surface area contributed by atoms with E-state index in [0.717, 1.165) is 21.6 Å². The van der Waals surface area contributed by atoms with Gasteiger partial charge in [-0.3, -0.25) is 0 Å². The normalized spacial score (nSPS) is 12.3. The summed E-state index contributed by atoms with van der Waals surface area (Å²) in [6.07, 6.45) is 0.822. The number of nitrogens with zero attached hydrogens (tertiary/aromatic N) is 2. The van der Waals surface area contributed by atoms with Gasteiger partial charge in [0.2, 0.25) is 0 Å². The minimum Gasteiger partial charge on any atom is -0.382 e. The summed E-state index contributed by atoms with van der Waals surface area (Å²) >= 11 is 1.63. The maximum absolute atomic E-state index is 12.2. The number of amides is 2. The Kier molecular flexibility index (Phi) is 6.15. The molecule has 0 bridgehead atoms. The highest BCUT2D eigenvalue weighted by Crippen LogP contribution is 2.28. The first-order valence-corrected chi connectivity index (χ1v) is 8.39. The Labute approximate surface area is 135 Å². The van der Waals surface area contributed by atoms with Crippen LogP contribution in [0.15, 0.2) is 24.3 Å². The second-order valence-electron chi connectivity index (χ2n) is 5.09. The summed E-state index contributed by atoms with van der Waals surface area (Å²) in [5.74, 6) is 0. The molecule has 0 aliphatic rings. The van der Waals surface area contributed by atoms with E-state index >= 15 is 0 Å². The summed E-state index contributed by atoms with van der Waals surface area (Å²) in [6, 6.07) is 7.90. The predicted octanol–water partition coefficient (Wildman–Crippen LogP) is 3.43. The van der Waals surface area contributed by atoms with Gasteiger partial charge in [0.1, 0.15) is 5.01 Å².